The second-order valence-corrected chi connectivity index (χ2v) is 6.09. The van der Waals surface area contributed by atoms with E-state index in [4.69, 9.17) is 14.2 Å². The molecule has 27 heavy (non-hydrogen) atoms. The predicted octanol–water partition coefficient (Wildman–Crippen LogP) is 4.01. The molecule has 1 atom stereocenters. The van der Waals surface area contributed by atoms with Crippen LogP contribution in [0, 0.1) is 0 Å². The van der Waals surface area contributed by atoms with Crippen LogP contribution in [0.15, 0.2) is 42.5 Å². The third-order valence-electron chi connectivity index (χ3n) is 4.34. The second-order valence-electron chi connectivity index (χ2n) is 6.09. The summed E-state index contributed by atoms with van der Waals surface area (Å²) in [4.78, 5) is 24.4. The highest BCUT2D eigenvalue weighted by Gasteiger charge is 2.20. The lowest BCUT2D eigenvalue weighted by atomic mass is 9.99. The Kier molecular flexibility index (Phi) is 7.23. The molecule has 0 radical (unpaired) electrons. The van der Waals surface area contributed by atoms with Crippen molar-refractivity contribution in [1.82, 2.24) is 0 Å². The topological polar surface area (TPSA) is 73.9 Å². The molecule has 2 rings (SSSR count). The highest BCUT2D eigenvalue weighted by molar-refractivity contribution is 5.98. The van der Waals surface area contributed by atoms with Crippen LogP contribution in [0.25, 0.3) is 0 Å². The van der Waals surface area contributed by atoms with Crippen LogP contribution in [0.5, 0.6) is 11.5 Å². The second kappa shape index (κ2) is 9.62. The minimum absolute atomic E-state index is 0.146. The molecule has 0 saturated carbocycles. The number of amides is 1. The molecular weight excluding hydrogens is 346 g/mol. The fourth-order valence-corrected chi connectivity index (χ4v) is 2.58. The molecular formula is C21H25NO5. The van der Waals surface area contributed by atoms with E-state index >= 15 is 0 Å². The number of rotatable bonds is 8. The molecule has 2 aromatic rings. The molecule has 0 fully saturated rings. The maximum atomic E-state index is 12.4. The molecule has 1 N–H and O–H groups in total. The highest BCUT2D eigenvalue weighted by Crippen LogP contribution is 2.28. The van der Waals surface area contributed by atoms with Crippen LogP contribution in [0.2, 0.25) is 0 Å². The van der Waals surface area contributed by atoms with Crippen molar-refractivity contribution in [3.63, 3.8) is 0 Å². The van der Waals surface area contributed by atoms with Gasteiger partial charge in [-0.2, -0.15) is 0 Å². The van der Waals surface area contributed by atoms with Crippen LogP contribution in [-0.4, -0.2) is 32.7 Å². The van der Waals surface area contributed by atoms with Gasteiger partial charge < -0.3 is 19.5 Å². The normalized spacial score (nSPS) is 11.4. The van der Waals surface area contributed by atoms with E-state index in [1.807, 2.05) is 24.3 Å². The van der Waals surface area contributed by atoms with Gasteiger partial charge in [0.25, 0.3) is 5.91 Å². The summed E-state index contributed by atoms with van der Waals surface area (Å²) in [7, 11) is 2.89. The Hall–Kier alpha value is -3.02. The van der Waals surface area contributed by atoms with E-state index in [-0.39, 0.29) is 5.56 Å². The van der Waals surface area contributed by atoms with E-state index in [2.05, 4.69) is 19.2 Å². The highest BCUT2D eigenvalue weighted by atomic mass is 16.5. The summed E-state index contributed by atoms with van der Waals surface area (Å²) in [6, 6.07) is 12.6. The maximum Gasteiger partial charge on any atom is 0.346 e. The summed E-state index contributed by atoms with van der Waals surface area (Å²) in [6.07, 6.45) is 1.05. The third kappa shape index (κ3) is 5.23. The number of hydrogen-bond acceptors (Lipinski definition) is 5. The van der Waals surface area contributed by atoms with Gasteiger partial charge in [-0.05, 0) is 42.2 Å². The number of esters is 1. The molecule has 1 amide bonds. The third-order valence-corrected chi connectivity index (χ3v) is 4.34. The van der Waals surface area contributed by atoms with Gasteiger partial charge in [-0.25, -0.2) is 4.79 Å². The monoisotopic (exact) mass is 371 g/mol. The van der Waals surface area contributed by atoms with E-state index in [9.17, 15) is 9.59 Å². The Morgan fingerprint density at radius 3 is 2.11 bits per heavy atom. The van der Waals surface area contributed by atoms with Gasteiger partial charge in [0.2, 0.25) is 0 Å². The number of carbonyl (C=O) groups excluding carboxylic acids is 2. The minimum atomic E-state index is -0.688. The summed E-state index contributed by atoms with van der Waals surface area (Å²) >= 11 is 0. The largest absolute Gasteiger partial charge is 0.496 e. The number of carbonyl (C=O) groups is 2. The summed E-state index contributed by atoms with van der Waals surface area (Å²) in [5.41, 5.74) is 2.01. The van der Waals surface area contributed by atoms with Crippen molar-refractivity contribution in [2.24, 2.45) is 0 Å². The summed E-state index contributed by atoms with van der Waals surface area (Å²) in [6.45, 7) is 3.87. The van der Waals surface area contributed by atoms with E-state index in [1.165, 1.54) is 19.8 Å². The lowest BCUT2D eigenvalue weighted by Gasteiger charge is -2.13. The van der Waals surface area contributed by atoms with E-state index in [0.717, 1.165) is 6.42 Å². The first-order valence-electron chi connectivity index (χ1n) is 8.78. The summed E-state index contributed by atoms with van der Waals surface area (Å²) in [5, 5.41) is 2.71. The Bertz CT molecular complexity index is 763. The van der Waals surface area contributed by atoms with Crippen molar-refractivity contribution in [1.29, 1.82) is 0 Å². The van der Waals surface area contributed by atoms with Gasteiger partial charge in [-0.3, -0.25) is 4.79 Å². The molecule has 0 aliphatic heterocycles. The maximum absolute atomic E-state index is 12.4. The van der Waals surface area contributed by atoms with Crippen molar-refractivity contribution < 1.29 is 23.8 Å². The summed E-state index contributed by atoms with van der Waals surface area (Å²) < 4.78 is 15.5. The fourth-order valence-electron chi connectivity index (χ4n) is 2.58. The number of ether oxygens (including phenoxy) is 3. The van der Waals surface area contributed by atoms with Crippen molar-refractivity contribution >= 4 is 17.6 Å². The Balaban J connectivity index is 1.97. The molecule has 0 bridgehead atoms. The van der Waals surface area contributed by atoms with Crippen LogP contribution in [0.1, 0.15) is 42.1 Å². The molecule has 0 unspecified atom stereocenters. The molecule has 0 saturated heterocycles. The summed E-state index contributed by atoms with van der Waals surface area (Å²) in [5.74, 6) is -0.00704. The molecule has 0 heterocycles. The molecule has 0 aromatic heterocycles. The lowest BCUT2D eigenvalue weighted by molar-refractivity contribution is -0.119. The zero-order valence-corrected chi connectivity index (χ0v) is 16.1. The van der Waals surface area contributed by atoms with Gasteiger partial charge in [0.1, 0.15) is 17.1 Å². The van der Waals surface area contributed by atoms with Gasteiger partial charge in [-0.15, -0.1) is 0 Å². The number of methoxy groups -OCH3 is 2. The molecule has 2 aromatic carbocycles. The van der Waals surface area contributed by atoms with E-state index < -0.39 is 18.5 Å². The average Bonchev–Trinajstić information content (AvgIpc) is 2.71. The number of hydrogen-bond donors (Lipinski definition) is 1. The minimum Gasteiger partial charge on any atom is -0.496 e. The van der Waals surface area contributed by atoms with Gasteiger partial charge >= 0.3 is 5.97 Å². The quantitative estimate of drug-likeness (QED) is 0.710. The molecule has 0 aliphatic rings. The van der Waals surface area contributed by atoms with Crippen LogP contribution in [-0.2, 0) is 9.53 Å². The van der Waals surface area contributed by atoms with Gasteiger partial charge in [0, 0.05) is 5.69 Å². The Morgan fingerprint density at radius 1 is 1.00 bits per heavy atom. The average molecular weight is 371 g/mol. The standard InChI is InChI=1S/C21H25NO5/c1-5-14(2)15-9-11-16(12-10-15)22-19(23)13-27-21(24)20-17(25-3)7-6-8-18(20)26-4/h6-12,14H,5,13H2,1-4H3,(H,22,23)/t14-/m0/s1. The van der Waals surface area contributed by atoms with E-state index in [0.29, 0.717) is 23.1 Å². The zero-order chi connectivity index (χ0) is 19.8. The predicted molar refractivity (Wildman–Crippen MR) is 104 cm³/mol. The zero-order valence-electron chi connectivity index (χ0n) is 16.1. The van der Waals surface area contributed by atoms with Crippen molar-refractivity contribution in [3.8, 4) is 11.5 Å². The van der Waals surface area contributed by atoms with Gasteiger partial charge in [0.05, 0.1) is 14.2 Å². The van der Waals surface area contributed by atoms with Gasteiger partial charge in [-0.1, -0.05) is 32.0 Å². The molecule has 0 spiro atoms. The first-order chi connectivity index (χ1) is 13.0. The van der Waals surface area contributed by atoms with Crippen LogP contribution < -0.4 is 14.8 Å². The van der Waals surface area contributed by atoms with Crippen molar-refractivity contribution in [3.05, 3.63) is 53.6 Å². The van der Waals surface area contributed by atoms with Crippen LogP contribution in [0.3, 0.4) is 0 Å². The molecule has 6 heteroatoms. The Labute approximate surface area is 159 Å². The first-order valence-corrected chi connectivity index (χ1v) is 8.78. The molecule has 0 aliphatic carbocycles. The Morgan fingerprint density at radius 2 is 1.59 bits per heavy atom. The number of nitrogens with one attached hydrogen (secondary N) is 1. The SMILES string of the molecule is CC[C@H](C)c1ccc(NC(=O)COC(=O)c2c(OC)cccc2OC)cc1. The van der Waals surface area contributed by atoms with Crippen molar-refractivity contribution in [2.45, 2.75) is 26.2 Å². The molecule has 6 nitrogen and oxygen atoms in total. The van der Waals surface area contributed by atoms with E-state index in [1.54, 1.807) is 18.2 Å². The first kappa shape index (κ1) is 20.3. The lowest BCUT2D eigenvalue weighted by Crippen LogP contribution is -2.21. The van der Waals surface area contributed by atoms with Gasteiger partial charge in [0.15, 0.2) is 6.61 Å². The van der Waals surface area contributed by atoms with Crippen LogP contribution in [0.4, 0.5) is 5.69 Å². The van der Waals surface area contributed by atoms with Crippen LogP contribution >= 0.6 is 0 Å². The number of benzene rings is 2. The smallest absolute Gasteiger partial charge is 0.346 e. The van der Waals surface area contributed by atoms with Crippen molar-refractivity contribution in [2.75, 3.05) is 26.1 Å². The molecule has 144 valence electrons. The number of anilines is 1. The fraction of sp³-hybridized carbons (Fsp3) is 0.333.